The van der Waals surface area contributed by atoms with Crippen LogP contribution in [-0.4, -0.2) is 24.7 Å². The lowest BCUT2D eigenvalue weighted by atomic mass is 9.50. The van der Waals surface area contributed by atoms with E-state index in [1.807, 2.05) is 45.0 Å². The smallest absolute Gasteiger partial charge is 0.230 e. The number of amides is 1. The van der Waals surface area contributed by atoms with Crippen LogP contribution in [-0.2, 0) is 10.2 Å². The Kier molecular flexibility index (Phi) is 3.54. The van der Waals surface area contributed by atoms with E-state index in [-0.39, 0.29) is 17.9 Å². The monoisotopic (exact) mass is 343 g/mol. The number of hydrogen-bond donors (Lipinski definition) is 1. The Morgan fingerprint density at radius 3 is 2.68 bits per heavy atom. The van der Waals surface area contributed by atoms with E-state index in [2.05, 4.69) is 5.32 Å². The normalized spacial score (nSPS) is 32.7. The van der Waals surface area contributed by atoms with E-state index >= 15 is 0 Å². The summed E-state index contributed by atoms with van der Waals surface area (Å²) in [6.07, 6.45) is 4.27. The van der Waals surface area contributed by atoms with E-state index in [0.29, 0.717) is 18.8 Å². The summed E-state index contributed by atoms with van der Waals surface area (Å²) in [5.41, 5.74) is 1.20. The molecule has 5 aliphatic carbocycles. The topological polar surface area (TPSA) is 38.3 Å². The van der Waals surface area contributed by atoms with Gasteiger partial charge in [0.05, 0.1) is 18.6 Å². The number of methoxy groups -OCH3 is 1. The summed E-state index contributed by atoms with van der Waals surface area (Å²) in [6, 6.07) is 5.87. The van der Waals surface area contributed by atoms with Crippen molar-refractivity contribution in [2.75, 3.05) is 7.11 Å². The van der Waals surface area contributed by atoms with Crippen molar-refractivity contribution in [1.82, 2.24) is 5.32 Å². The molecule has 4 heteroatoms. The maximum Gasteiger partial charge on any atom is 0.230 e. The maximum absolute atomic E-state index is 14.6. The van der Waals surface area contributed by atoms with E-state index in [1.54, 1.807) is 7.11 Å². The number of carbonyl (C=O) groups is 1. The summed E-state index contributed by atoms with van der Waals surface area (Å²) < 4.78 is 19.9. The molecule has 0 aliphatic heterocycles. The Balaban J connectivity index is 1.55. The van der Waals surface area contributed by atoms with Crippen LogP contribution < -0.4 is 10.1 Å². The van der Waals surface area contributed by atoms with Crippen molar-refractivity contribution in [3.8, 4) is 5.75 Å². The molecular weight excluding hydrogens is 317 g/mol. The fourth-order valence-electron chi connectivity index (χ4n) is 4.87. The van der Waals surface area contributed by atoms with Crippen molar-refractivity contribution in [2.24, 2.45) is 11.8 Å². The van der Waals surface area contributed by atoms with Crippen LogP contribution in [0.1, 0.15) is 44.2 Å². The van der Waals surface area contributed by atoms with Crippen LogP contribution >= 0.6 is 0 Å². The van der Waals surface area contributed by atoms with E-state index < -0.39 is 11.1 Å². The number of alkyl halides is 1. The van der Waals surface area contributed by atoms with E-state index in [1.165, 1.54) is 0 Å². The summed E-state index contributed by atoms with van der Waals surface area (Å²) in [7, 11) is 1.63. The first kappa shape index (κ1) is 16.6. The summed E-state index contributed by atoms with van der Waals surface area (Å²) in [5, 5.41) is 3.18. The molecule has 3 saturated carbocycles. The second-order valence-electron chi connectivity index (χ2n) is 8.55. The van der Waals surface area contributed by atoms with Gasteiger partial charge in [0.2, 0.25) is 5.91 Å². The number of nitrogens with one attached hydrogen (secondary N) is 1. The van der Waals surface area contributed by atoms with Crippen molar-refractivity contribution >= 4 is 5.91 Å². The average Bonchev–Trinajstić information content (AvgIpc) is 2.56. The molecule has 0 saturated heterocycles. The molecule has 25 heavy (non-hydrogen) atoms. The minimum absolute atomic E-state index is 0.0175. The van der Waals surface area contributed by atoms with E-state index in [0.717, 1.165) is 28.9 Å². The van der Waals surface area contributed by atoms with Gasteiger partial charge in [-0.2, -0.15) is 0 Å². The zero-order valence-corrected chi connectivity index (χ0v) is 15.4. The molecule has 4 atom stereocenters. The molecule has 4 bridgehead atoms. The zero-order valence-electron chi connectivity index (χ0n) is 15.4. The van der Waals surface area contributed by atoms with Crippen molar-refractivity contribution in [3.63, 3.8) is 0 Å². The number of aryl methyl sites for hydroxylation is 1. The van der Waals surface area contributed by atoms with Gasteiger partial charge in [-0.25, -0.2) is 4.39 Å². The van der Waals surface area contributed by atoms with Gasteiger partial charge in [0, 0.05) is 0 Å². The molecule has 1 unspecified atom stereocenters. The van der Waals surface area contributed by atoms with Gasteiger partial charge in [0.25, 0.3) is 0 Å². The number of halogens is 1. The number of allylic oxidation sites excluding steroid dienone is 1. The predicted molar refractivity (Wildman–Crippen MR) is 95.4 cm³/mol. The Bertz CT molecular complexity index is 769. The van der Waals surface area contributed by atoms with Gasteiger partial charge in [-0.15, -0.1) is 0 Å². The largest absolute Gasteiger partial charge is 0.497 e. The SMILES string of the molecule is COc1cc(C)cc(C(C)(C)C(=O)N[C@H]2C=C3C4C[C@H]2C[C@]3(F)C4)c1. The third-order valence-corrected chi connectivity index (χ3v) is 6.44. The highest BCUT2D eigenvalue weighted by molar-refractivity contribution is 5.88. The third-order valence-electron chi connectivity index (χ3n) is 6.44. The van der Waals surface area contributed by atoms with Gasteiger partial charge in [-0.3, -0.25) is 4.79 Å². The molecule has 3 nitrogen and oxygen atoms in total. The van der Waals surface area contributed by atoms with Crippen molar-refractivity contribution in [2.45, 2.75) is 57.2 Å². The van der Waals surface area contributed by atoms with Crippen LogP contribution in [0.3, 0.4) is 0 Å². The molecule has 0 heterocycles. The van der Waals surface area contributed by atoms with E-state index in [4.69, 9.17) is 4.74 Å². The zero-order chi connectivity index (χ0) is 18.0. The Morgan fingerprint density at radius 1 is 1.32 bits per heavy atom. The van der Waals surface area contributed by atoms with Crippen LogP contribution in [0.15, 0.2) is 29.8 Å². The molecule has 6 rings (SSSR count). The molecule has 1 aromatic carbocycles. The number of ether oxygens (including phenoxy) is 1. The number of benzene rings is 1. The molecule has 1 aromatic rings. The van der Waals surface area contributed by atoms with Gasteiger partial charge in [-0.05, 0) is 80.7 Å². The number of hydrogen-bond acceptors (Lipinski definition) is 2. The second kappa shape index (κ2) is 5.33. The predicted octanol–water partition coefficient (Wildman–Crippen LogP) is 3.84. The molecule has 5 aliphatic rings. The van der Waals surface area contributed by atoms with Crippen molar-refractivity contribution < 1.29 is 13.9 Å². The Morgan fingerprint density at radius 2 is 2.08 bits per heavy atom. The van der Waals surface area contributed by atoms with Crippen LogP contribution in [0.4, 0.5) is 4.39 Å². The van der Waals surface area contributed by atoms with Crippen LogP contribution in [0.2, 0.25) is 0 Å². The minimum Gasteiger partial charge on any atom is -0.497 e. The number of carbonyl (C=O) groups excluding carboxylic acids is 1. The Labute approximate surface area is 148 Å². The number of fused-ring (bicyclic) bond motifs is 1. The van der Waals surface area contributed by atoms with Crippen LogP contribution in [0, 0.1) is 18.8 Å². The fraction of sp³-hybridized carbons (Fsp3) is 0.571. The summed E-state index contributed by atoms with van der Waals surface area (Å²) in [4.78, 5) is 13.0. The van der Waals surface area contributed by atoms with Gasteiger partial charge in [0.1, 0.15) is 11.4 Å². The molecule has 1 amide bonds. The summed E-state index contributed by atoms with van der Waals surface area (Å²) in [5.74, 6) is 1.39. The van der Waals surface area contributed by atoms with Gasteiger partial charge in [0.15, 0.2) is 0 Å². The van der Waals surface area contributed by atoms with E-state index in [9.17, 15) is 9.18 Å². The highest BCUT2D eigenvalue weighted by Crippen LogP contribution is 2.61. The first-order valence-electron chi connectivity index (χ1n) is 9.11. The minimum atomic E-state index is -1.06. The Hall–Kier alpha value is -1.84. The summed E-state index contributed by atoms with van der Waals surface area (Å²) >= 11 is 0. The lowest BCUT2D eigenvalue weighted by Crippen LogP contribution is -2.60. The second-order valence-corrected chi connectivity index (χ2v) is 8.55. The molecule has 0 spiro atoms. The molecule has 3 fully saturated rings. The molecule has 134 valence electrons. The van der Waals surface area contributed by atoms with Crippen LogP contribution in [0.5, 0.6) is 5.75 Å². The molecule has 1 N–H and O–H groups in total. The highest BCUT2D eigenvalue weighted by atomic mass is 19.1. The highest BCUT2D eigenvalue weighted by Gasteiger charge is 2.59. The van der Waals surface area contributed by atoms with Gasteiger partial charge >= 0.3 is 0 Å². The van der Waals surface area contributed by atoms with Crippen molar-refractivity contribution in [3.05, 3.63) is 41.0 Å². The fourth-order valence-corrected chi connectivity index (χ4v) is 4.87. The lowest BCUT2D eigenvalue weighted by Gasteiger charge is -2.58. The summed E-state index contributed by atoms with van der Waals surface area (Å²) in [6.45, 7) is 5.86. The first-order chi connectivity index (χ1) is 11.7. The lowest BCUT2D eigenvalue weighted by molar-refractivity contribution is -0.127. The first-order valence-corrected chi connectivity index (χ1v) is 9.11. The van der Waals surface area contributed by atoms with Gasteiger partial charge in [-0.1, -0.05) is 12.1 Å². The van der Waals surface area contributed by atoms with Gasteiger partial charge < -0.3 is 10.1 Å². The average molecular weight is 343 g/mol. The standard InChI is InChI=1S/C21H26FNO2/c1-12-5-15(8-16(6-12)25-4)20(2,3)19(24)23-18-9-17-13-7-14(18)11-21(17,22)10-13/h5-6,8-9,13-14,18H,7,10-11H2,1-4H3,(H,23,24)/t13?,14-,18-,21+/m0/s1. The molecule has 0 radical (unpaired) electrons. The number of rotatable bonds is 4. The van der Waals surface area contributed by atoms with Crippen LogP contribution in [0.25, 0.3) is 0 Å². The third kappa shape index (κ3) is 2.49. The molecular formula is C21H26FNO2. The molecule has 0 aromatic heterocycles. The maximum atomic E-state index is 14.6. The quantitative estimate of drug-likeness (QED) is 0.844. The van der Waals surface area contributed by atoms with Crippen molar-refractivity contribution in [1.29, 1.82) is 0 Å².